The molecular formula is C6H4ClIN2O2. The highest BCUT2D eigenvalue weighted by Crippen LogP contribution is 2.27. The van der Waals surface area contributed by atoms with E-state index in [0.717, 1.165) is 0 Å². The van der Waals surface area contributed by atoms with Crippen LogP contribution in [0.15, 0.2) is 12.3 Å². The number of hydrogen-bond acceptors (Lipinski definition) is 3. The Kier molecular flexibility index (Phi) is 3.10. The number of amides is 1. The summed E-state index contributed by atoms with van der Waals surface area (Å²) in [5.74, 6) is 0.201. The number of rotatable bonds is 1. The van der Waals surface area contributed by atoms with E-state index in [0.29, 0.717) is 3.57 Å². The minimum absolute atomic E-state index is 0.126. The molecule has 0 radical (unpaired) electrons. The molecule has 2 N–H and O–H groups in total. The first-order valence-electron chi connectivity index (χ1n) is 2.88. The third-order valence-electron chi connectivity index (χ3n) is 1.02. The van der Waals surface area contributed by atoms with E-state index in [-0.39, 0.29) is 10.9 Å². The molecule has 0 saturated carbocycles. The molecule has 0 saturated heterocycles. The summed E-state index contributed by atoms with van der Waals surface area (Å²) in [6.07, 6.45) is 0.612. The minimum atomic E-state index is -0.900. The maximum Gasteiger partial charge on any atom is 0.410 e. The zero-order valence-electron chi connectivity index (χ0n) is 5.75. The summed E-state index contributed by atoms with van der Waals surface area (Å²) in [4.78, 5) is 14.1. The van der Waals surface area contributed by atoms with Crippen LogP contribution < -0.4 is 10.5 Å². The van der Waals surface area contributed by atoms with Crippen molar-refractivity contribution in [3.05, 3.63) is 21.0 Å². The smallest absolute Gasteiger partial charge is 0.406 e. The summed E-state index contributed by atoms with van der Waals surface area (Å²) in [7, 11) is 0. The number of halogens is 2. The van der Waals surface area contributed by atoms with Gasteiger partial charge in [-0.25, -0.2) is 9.78 Å². The van der Waals surface area contributed by atoms with Crippen LogP contribution in [0.1, 0.15) is 0 Å². The van der Waals surface area contributed by atoms with E-state index in [2.05, 4.69) is 9.72 Å². The fourth-order valence-electron chi connectivity index (χ4n) is 0.592. The Morgan fingerprint density at radius 2 is 2.42 bits per heavy atom. The molecule has 1 aromatic heterocycles. The lowest BCUT2D eigenvalue weighted by Gasteiger charge is -2.03. The van der Waals surface area contributed by atoms with E-state index >= 15 is 0 Å². The molecule has 0 aromatic carbocycles. The van der Waals surface area contributed by atoms with E-state index < -0.39 is 6.09 Å². The maximum absolute atomic E-state index is 10.4. The normalized spacial score (nSPS) is 9.50. The number of ether oxygens (including phenoxy) is 1. The number of pyridine rings is 1. The first-order chi connectivity index (χ1) is 5.61. The van der Waals surface area contributed by atoms with Gasteiger partial charge in [0.2, 0.25) is 0 Å². The van der Waals surface area contributed by atoms with Crippen molar-refractivity contribution >= 4 is 40.3 Å². The largest absolute Gasteiger partial charge is 0.410 e. The van der Waals surface area contributed by atoms with Crippen molar-refractivity contribution in [2.24, 2.45) is 5.73 Å². The highest BCUT2D eigenvalue weighted by molar-refractivity contribution is 14.1. The van der Waals surface area contributed by atoms with Crippen molar-refractivity contribution in [1.29, 1.82) is 0 Å². The number of carbonyl (C=O) groups is 1. The molecule has 1 heterocycles. The van der Waals surface area contributed by atoms with Gasteiger partial charge in [0.25, 0.3) is 0 Å². The van der Waals surface area contributed by atoms with Crippen molar-refractivity contribution in [3.8, 4) is 5.75 Å². The fourth-order valence-corrected chi connectivity index (χ4v) is 1.47. The Bertz CT molecular complexity index is 298. The molecule has 0 spiro atoms. The van der Waals surface area contributed by atoms with Crippen LogP contribution in [0.3, 0.4) is 0 Å². The zero-order chi connectivity index (χ0) is 9.14. The highest BCUT2D eigenvalue weighted by Gasteiger charge is 2.09. The van der Waals surface area contributed by atoms with E-state index in [9.17, 15) is 4.79 Å². The van der Waals surface area contributed by atoms with Gasteiger partial charge in [-0.1, -0.05) is 11.6 Å². The molecule has 0 unspecified atom stereocenters. The van der Waals surface area contributed by atoms with Gasteiger partial charge in [0, 0.05) is 6.20 Å². The minimum Gasteiger partial charge on any atom is -0.406 e. The van der Waals surface area contributed by atoms with Gasteiger partial charge in [-0.2, -0.15) is 0 Å². The van der Waals surface area contributed by atoms with Crippen LogP contribution in [0.4, 0.5) is 4.79 Å². The number of carbonyl (C=O) groups excluding carboxylic acids is 1. The third kappa shape index (κ3) is 2.21. The molecule has 1 amide bonds. The molecule has 0 atom stereocenters. The van der Waals surface area contributed by atoms with Crippen LogP contribution in [0.25, 0.3) is 0 Å². The summed E-state index contributed by atoms with van der Waals surface area (Å²) in [6, 6.07) is 1.66. The Hall–Kier alpha value is -0.560. The van der Waals surface area contributed by atoms with Gasteiger partial charge in [0.15, 0.2) is 10.9 Å². The van der Waals surface area contributed by atoms with Crippen molar-refractivity contribution in [1.82, 2.24) is 4.98 Å². The summed E-state index contributed by atoms with van der Waals surface area (Å²) < 4.78 is 5.30. The van der Waals surface area contributed by atoms with Crippen molar-refractivity contribution in [3.63, 3.8) is 0 Å². The summed E-state index contributed by atoms with van der Waals surface area (Å²) in [5, 5.41) is 0.126. The molecule has 64 valence electrons. The molecular weight excluding hydrogens is 294 g/mol. The van der Waals surface area contributed by atoms with Gasteiger partial charge in [-0.3, -0.25) is 0 Å². The quantitative estimate of drug-likeness (QED) is 0.635. The topological polar surface area (TPSA) is 65.2 Å². The van der Waals surface area contributed by atoms with Crippen LogP contribution in [0.2, 0.25) is 5.15 Å². The first kappa shape index (κ1) is 9.53. The number of nitrogens with two attached hydrogens (primary N) is 1. The van der Waals surface area contributed by atoms with E-state index in [1.165, 1.54) is 6.20 Å². The molecule has 1 aromatic rings. The van der Waals surface area contributed by atoms with Crippen molar-refractivity contribution in [2.75, 3.05) is 0 Å². The Balaban J connectivity index is 3.04. The fraction of sp³-hybridized carbons (Fsp3) is 0. The molecule has 0 bridgehead atoms. The SMILES string of the molecule is NC(=O)Oc1c(I)ccnc1Cl. The van der Waals surface area contributed by atoms with Gasteiger partial charge < -0.3 is 10.5 Å². The molecule has 0 aliphatic carbocycles. The number of aromatic nitrogens is 1. The van der Waals surface area contributed by atoms with E-state index in [1.807, 2.05) is 22.6 Å². The molecule has 12 heavy (non-hydrogen) atoms. The monoisotopic (exact) mass is 298 g/mol. The van der Waals surface area contributed by atoms with Gasteiger partial charge in [0.05, 0.1) is 3.57 Å². The zero-order valence-corrected chi connectivity index (χ0v) is 8.67. The second-order valence-electron chi connectivity index (χ2n) is 1.83. The van der Waals surface area contributed by atoms with Crippen LogP contribution in [-0.2, 0) is 0 Å². The molecule has 1 rings (SSSR count). The van der Waals surface area contributed by atoms with Crippen LogP contribution in [0.5, 0.6) is 5.75 Å². The molecule has 0 aliphatic rings. The van der Waals surface area contributed by atoms with Gasteiger partial charge in [-0.05, 0) is 28.7 Å². The Morgan fingerprint density at radius 3 is 2.92 bits per heavy atom. The number of primary amides is 1. The summed E-state index contributed by atoms with van der Waals surface area (Å²) >= 11 is 7.59. The maximum atomic E-state index is 10.4. The average Bonchev–Trinajstić information content (AvgIpc) is 1.97. The molecule has 0 aliphatic heterocycles. The predicted octanol–water partition coefficient (Wildman–Crippen LogP) is 1.80. The highest BCUT2D eigenvalue weighted by atomic mass is 127. The average molecular weight is 298 g/mol. The second-order valence-corrected chi connectivity index (χ2v) is 3.35. The lowest BCUT2D eigenvalue weighted by molar-refractivity contribution is 0.210. The van der Waals surface area contributed by atoms with E-state index in [1.54, 1.807) is 6.07 Å². The third-order valence-corrected chi connectivity index (χ3v) is 2.13. The Morgan fingerprint density at radius 1 is 1.75 bits per heavy atom. The second kappa shape index (κ2) is 3.90. The first-order valence-corrected chi connectivity index (χ1v) is 4.34. The van der Waals surface area contributed by atoms with Gasteiger partial charge in [-0.15, -0.1) is 0 Å². The standard InChI is InChI=1S/C6H4ClIN2O2/c7-5-4(12-6(9)11)3(8)1-2-10-5/h1-2H,(H2,9,11). The van der Waals surface area contributed by atoms with Crippen LogP contribution >= 0.6 is 34.2 Å². The molecule has 0 fully saturated rings. The lowest BCUT2D eigenvalue weighted by atomic mass is 10.5. The Labute approximate surface area is 87.2 Å². The number of nitrogens with zero attached hydrogens (tertiary/aromatic N) is 1. The van der Waals surface area contributed by atoms with Crippen LogP contribution in [-0.4, -0.2) is 11.1 Å². The van der Waals surface area contributed by atoms with Crippen molar-refractivity contribution < 1.29 is 9.53 Å². The molecule has 4 nitrogen and oxygen atoms in total. The lowest BCUT2D eigenvalue weighted by Crippen LogP contribution is -2.17. The van der Waals surface area contributed by atoms with Crippen LogP contribution in [0, 0.1) is 3.57 Å². The summed E-state index contributed by atoms with van der Waals surface area (Å²) in [6.45, 7) is 0. The predicted molar refractivity (Wildman–Crippen MR) is 52.2 cm³/mol. The van der Waals surface area contributed by atoms with Gasteiger partial charge >= 0.3 is 6.09 Å². The number of hydrogen-bond donors (Lipinski definition) is 1. The molecule has 6 heteroatoms. The van der Waals surface area contributed by atoms with E-state index in [4.69, 9.17) is 17.3 Å². The van der Waals surface area contributed by atoms with Gasteiger partial charge in [0.1, 0.15) is 0 Å². The van der Waals surface area contributed by atoms with Crippen molar-refractivity contribution in [2.45, 2.75) is 0 Å². The summed E-state index contributed by atoms with van der Waals surface area (Å²) in [5.41, 5.74) is 4.81.